The van der Waals surface area contributed by atoms with E-state index in [1.54, 1.807) is 17.0 Å². The van der Waals surface area contributed by atoms with E-state index in [0.29, 0.717) is 32.2 Å². The molecule has 2 aromatic carbocycles. The average molecular weight is 394 g/mol. The molecule has 0 aromatic heterocycles. The summed E-state index contributed by atoms with van der Waals surface area (Å²) < 4.78 is 19.5. The van der Waals surface area contributed by atoms with Gasteiger partial charge in [-0.05, 0) is 43.0 Å². The molecular weight excluding hydrogens is 368 g/mol. The summed E-state index contributed by atoms with van der Waals surface area (Å²) in [5, 5.41) is 10.6. The van der Waals surface area contributed by atoms with Crippen LogP contribution in [0, 0.1) is 5.82 Å². The third kappa shape index (κ3) is 4.04. The fourth-order valence-corrected chi connectivity index (χ4v) is 4.20. The predicted octanol–water partition coefficient (Wildman–Crippen LogP) is 3.92. The maximum atomic E-state index is 13.4. The average Bonchev–Trinajstić information content (AvgIpc) is 3.44. The van der Waals surface area contributed by atoms with Crippen molar-refractivity contribution in [2.75, 3.05) is 6.54 Å². The quantitative estimate of drug-likeness (QED) is 0.756. The summed E-state index contributed by atoms with van der Waals surface area (Å²) in [7, 11) is 2.03. The Labute approximate surface area is 171 Å². The molecule has 4 rings (SSSR count). The van der Waals surface area contributed by atoms with Gasteiger partial charge in [0, 0.05) is 19.4 Å². The molecule has 2 atom stereocenters. The summed E-state index contributed by atoms with van der Waals surface area (Å²) in [6.07, 6.45) is 1.91. The van der Waals surface area contributed by atoms with Gasteiger partial charge in [0.15, 0.2) is 0 Å². The second-order valence-corrected chi connectivity index (χ2v) is 8.34. The topological polar surface area (TPSA) is 49.8 Å². The monoisotopic (exact) mass is 394 g/mol. The lowest BCUT2D eigenvalue weighted by Crippen LogP contribution is -2.50. The summed E-state index contributed by atoms with van der Waals surface area (Å²) in [5.74, 6) is -0.334. The third-order valence-corrected chi connectivity index (χ3v) is 6.31. The fourth-order valence-electron chi connectivity index (χ4n) is 4.20. The first-order valence-electron chi connectivity index (χ1n) is 10.2. The highest BCUT2D eigenvalue weighted by molar-refractivity contribution is 6.51. The Hall–Kier alpha value is -2.34. The summed E-state index contributed by atoms with van der Waals surface area (Å²) in [6.45, 7) is 4.49. The van der Waals surface area contributed by atoms with Crippen LogP contribution in [0.15, 0.2) is 48.5 Å². The van der Waals surface area contributed by atoms with Gasteiger partial charge in [0.1, 0.15) is 18.7 Å². The number of ether oxygens (including phenoxy) is 1. The molecule has 1 aliphatic carbocycles. The number of carbonyl (C=O) groups excluding carboxylic acids is 1. The van der Waals surface area contributed by atoms with Crippen molar-refractivity contribution in [2.45, 2.75) is 56.7 Å². The summed E-state index contributed by atoms with van der Waals surface area (Å²) in [6, 6.07) is 14.1. The Morgan fingerprint density at radius 2 is 1.79 bits per heavy atom. The van der Waals surface area contributed by atoms with E-state index in [4.69, 9.17) is 4.74 Å². The lowest BCUT2D eigenvalue weighted by molar-refractivity contribution is -0.0883. The standard InChI is InChI=1S/C23H26BFNO3/c1-16(17-3-7-19(24-2)8-4-17)26-14-13-23(29-21(26)27,15-22(28)11-12-22)18-5-9-20(25)10-6-18/h3-10,16,28H,11-15H2,1-2H3/t16-,23-/m0/s1. The maximum Gasteiger partial charge on any atom is 0.411 e. The first-order chi connectivity index (χ1) is 13.8. The Balaban J connectivity index is 1.56. The fraction of sp³-hybridized carbons (Fsp3) is 0.435. The zero-order chi connectivity index (χ0) is 20.6. The van der Waals surface area contributed by atoms with Crippen LogP contribution in [0.25, 0.3) is 0 Å². The molecule has 1 aliphatic heterocycles. The van der Waals surface area contributed by atoms with E-state index in [1.807, 2.05) is 45.3 Å². The minimum atomic E-state index is -0.923. The van der Waals surface area contributed by atoms with Crippen LogP contribution in [0.1, 0.15) is 49.8 Å². The number of benzene rings is 2. The number of hydrogen-bond donors (Lipinski definition) is 1. The lowest BCUT2D eigenvalue weighted by Gasteiger charge is -2.44. The normalized spacial score (nSPS) is 24.0. The van der Waals surface area contributed by atoms with E-state index in [-0.39, 0.29) is 11.9 Å². The number of aliphatic hydroxyl groups is 1. The van der Waals surface area contributed by atoms with Crippen molar-refractivity contribution in [1.82, 2.24) is 4.90 Å². The van der Waals surface area contributed by atoms with Gasteiger partial charge in [0.2, 0.25) is 0 Å². The molecule has 2 fully saturated rings. The molecular formula is C23H26BFNO3. The van der Waals surface area contributed by atoms with Crippen LogP contribution in [-0.2, 0) is 10.3 Å². The molecule has 2 aromatic rings. The number of hydrogen-bond acceptors (Lipinski definition) is 3. The van der Waals surface area contributed by atoms with E-state index in [2.05, 4.69) is 0 Å². The first-order valence-corrected chi connectivity index (χ1v) is 10.2. The van der Waals surface area contributed by atoms with Gasteiger partial charge >= 0.3 is 6.09 Å². The molecule has 1 saturated carbocycles. The van der Waals surface area contributed by atoms with Gasteiger partial charge in [-0.2, -0.15) is 0 Å². The maximum absolute atomic E-state index is 13.4. The van der Waals surface area contributed by atoms with Crippen LogP contribution in [0.3, 0.4) is 0 Å². The van der Waals surface area contributed by atoms with E-state index in [0.717, 1.165) is 16.6 Å². The number of rotatable bonds is 6. The Morgan fingerprint density at radius 3 is 2.34 bits per heavy atom. The Morgan fingerprint density at radius 1 is 1.14 bits per heavy atom. The van der Waals surface area contributed by atoms with Crippen molar-refractivity contribution in [3.8, 4) is 0 Å². The molecule has 1 N–H and O–H groups in total. The molecule has 1 radical (unpaired) electrons. The Bertz CT molecular complexity index is 882. The smallest absolute Gasteiger partial charge is 0.411 e. The number of carbonyl (C=O) groups is 1. The number of cyclic esters (lactones) is 1. The molecule has 1 amide bonds. The molecule has 2 aliphatic rings. The first kappa shape index (κ1) is 20.0. The summed E-state index contributed by atoms with van der Waals surface area (Å²) in [5.41, 5.74) is 1.20. The summed E-state index contributed by atoms with van der Waals surface area (Å²) in [4.78, 5) is 14.8. The zero-order valence-electron chi connectivity index (χ0n) is 16.9. The van der Waals surface area contributed by atoms with Crippen molar-refractivity contribution in [3.63, 3.8) is 0 Å². The second-order valence-electron chi connectivity index (χ2n) is 8.34. The van der Waals surface area contributed by atoms with Crippen molar-refractivity contribution < 1.29 is 19.0 Å². The molecule has 29 heavy (non-hydrogen) atoms. The highest BCUT2D eigenvalue weighted by atomic mass is 19.1. The molecule has 1 saturated heterocycles. The lowest BCUT2D eigenvalue weighted by atomic mass is 9.73. The van der Waals surface area contributed by atoms with Gasteiger partial charge in [-0.15, -0.1) is 0 Å². The van der Waals surface area contributed by atoms with E-state index in [9.17, 15) is 14.3 Å². The van der Waals surface area contributed by atoms with Crippen molar-refractivity contribution in [2.24, 2.45) is 0 Å². The molecule has 0 spiro atoms. The van der Waals surface area contributed by atoms with Crippen LogP contribution in [0.5, 0.6) is 0 Å². The van der Waals surface area contributed by atoms with E-state index in [1.165, 1.54) is 12.1 Å². The molecule has 0 bridgehead atoms. The summed E-state index contributed by atoms with van der Waals surface area (Å²) >= 11 is 0. The predicted molar refractivity (Wildman–Crippen MR) is 111 cm³/mol. The second kappa shape index (κ2) is 7.49. The number of amides is 1. The van der Waals surface area contributed by atoms with Gasteiger partial charge in [-0.3, -0.25) is 0 Å². The Kier molecular flexibility index (Phi) is 5.15. The van der Waals surface area contributed by atoms with Gasteiger partial charge in [0.25, 0.3) is 0 Å². The minimum absolute atomic E-state index is 0.122. The van der Waals surface area contributed by atoms with Crippen molar-refractivity contribution >= 4 is 18.8 Å². The number of nitrogens with zero attached hydrogens (tertiary/aromatic N) is 1. The van der Waals surface area contributed by atoms with Crippen molar-refractivity contribution in [1.29, 1.82) is 0 Å². The van der Waals surface area contributed by atoms with Crippen molar-refractivity contribution in [3.05, 3.63) is 65.5 Å². The van der Waals surface area contributed by atoms with Gasteiger partial charge in [-0.1, -0.05) is 48.7 Å². The van der Waals surface area contributed by atoms with E-state index < -0.39 is 17.3 Å². The van der Waals surface area contributed by atoms with Gasteiger partial charge < -0.3 is 14.7 Å². The molecule has 4 nitrogen and oxygen atoms in total. The van der Waals surface area contributed by atoms with Crippen LogP contribution < -0.4 is 5.46 Å². The molecule has 151 valence electrons. The third-order valence-electron chi connectivity index (χ3n) is 6.31. The molecule has 6 heteroatoms. The largest absolute Gasteiger partial charge is 0.438 e. The highest BCUT2D eigenvalue weighted by Gasteiger charge is 2.53. The van der Waals surface area contributed by atoms with Crippen LogP contribution in [0.4, 0.5) is 9.18 Å². The molecule has 1 heterocycles. The van der Waals surface area contributed by atoms with Crippen LogP contribution in [-0.4, -0.2) is 35.5 Å². The van der Waals surface area contributed by atoms with Crippen LogP contribution in [0.2, 0.25) is 6.82 Å². The van der Waals surface area contributed by atoms with E-state index >= 15 is 0 Å². The molecule has 0 unspecified atom stereocenters. The minimum Gasteiger partial charge on any atom is -0.438 e. The number of halogens is 1. The van der Waals surface area contributed by atoms with Gasteiger partial charge in [-0.25, -0.2) is 9.18 Å². The SMILES string of the molecule is C[B]c1ccc([C@H](C)N2CC[C@](CC3(O)CC3)(c3ccc(F)cc3)OC2=O)cc1. The van der Waals surface area contributed by atoms with Crippen LogP contribution >= 0.6 is 0 Å². The van der Waals surface area contributed by atoms with Gasteiger partial charge in [0.05, 0.1) is 11.6 Å². The zero-order valence-corrected chi connectivity index (χ0v) is 16.9. The highest BCUT2D eigenvalue weighted by Crippen LogP contribution is 2.49.